The smallest absolute Gasteiger partial charge is 0.0771 e. The van der Waals surface area contributed by atoms with Gasteiger partial charge in [-0.1, -0.05) is 70.3 Å². The first-order chi connectivity index (χ1) is 11.3. The fourth-order valence-electron chi connectivity index (χ4n) is 1.90. The molecule has 1 N–H and O–H groups in total. The summed E-state index contributed by atoms with van der Waals surface area (Å²) < 4.78 is 0. The van der Waals surface area contributed by atoms with Gasteiger partial charge >= 0.3 is 35.6 Å². The van der Waals surface area contributed by atoms with Crippen LogP contribution in [0.3, 0.4) is 0 Å². The molecule has 0 aliphatic rings. The fraction of sp³-hybridized carbons (Fsp3) is 0.286. The predicted octanol–water partition coefficient (Wildman–Crippen LogP) is 8.61. The first-order valence-corrected chi connectivity index (χ1v) is 13.9. The molecule has 0 heterocycles. The van der Waals surface area contributed by atoms with Gasteiger partial charge in [0.1, 0.15) is 0 Å². The van der Waals surface area contributed by atoms with Crippen LogP contribution in [0.2, 0.25) is 13.1 Å². The summed E-state index contributed by atoms with van der Waals surface area (Å²) in [4.78, 5) is 0. The van der Waals surface area contributed by atoms with E-state index in [0.717, 1.165) is 9.52 Å². The molecule has 1 nitrogen and oxygen atoms in total. The maximum atomic E-state index is 6.94. The molecule has 0 aliphatic heterocycles. The van der Waals surface area contributed by atoms with Gasteiger partial charge in [-0.3, -0.25) is 0 Å². The minimum absolute atomic E-state index is 0. The van der Waals surface area contributed by atoms with Gasteiger partial charge in [-0.05, 0) is 0 Å². The van der Waals surface area contributed by atoms with Crippen LogP contribution in [0.5, 0.6) is 0 Å². The average molecular weight is 444 g/mol. The Hall–Kier alpha value is -0.219. The Balaban J connectivity index is -0.000000349. The van der Waals surface area contributed by atoms with Crippen molar-refractivity contribution in [2.45, 2.75) is 39.4 Å². The van der Waals surface area contributed by atoms with Crippen molar-refractivity contribution in [2.24, 2.45) is 0 Å². The van der Waals surface area contributed by atoms with Crippen molar-refractivity contribution in [1.82, 2.24) is 0 Å². The third-order valence-electron chi connectivity index (χ3n) is 2.52. The van der Waals surface area contributed by atoms with E-state index in [-0.39, 0.29) is 20.4 Å². The van der Waals surface area contributed by atoms with E-state index in [2.05, 4.69) is 67.7 Å². The number of nitrogens with one attached hydrogen (secondary N) is 1. The molecular weight excluding hydrogens is 413 g/mol. The van der Waals surface area contributed by atoms with Crippen LogP contribution in [0, 0.1) is 14.9 Å². The van der Waals surface area contributed by atoms with Crippen molar-refractivity contribution in [2.75, 3.05) is 0 Å². The van der Waals surface area contributed by atoms with Gasteiger partial charge < -0.3 is 20.6 Å². The fourth-order valence-corrected chi connectivity index (χ4v) is 1.90. The molecule has 5 heteroatoms. The average Bonchev–Trinajstić information content (AvgIpc) is 2.86. The molecule has 3 aromatic rings. The van der Waals surface area contributed by atoms with Gasteiger partial charge in [-0.25, -0.2) is 0 Å². The molecular formula is C21H31Cl2NSiTi. The SMILES string of the molecule is CC(C)(C)[NH-].C[Si]C.[CH3-].[CH3-].[Cl][Ti+4][Cl].c1ccc2c(c1)[cH-]c1ccccc12. The van der Waals surface area contributed by atoms with Gasteiger partial charge in [-0.15, -0.1) is 45.3 Å². The van der Waals surface area contributed by atoms with Crippen molar-refractivity contribution < 1.29 is 17.0 Å². The zero-order valence-electron chi connectivity index (χ0n) is 17.0. The standard InChI is InChI=1S/C13H9.C4H10N.C2H6Si.2CH3.2ClH.Ti/c1-3-7-12-10(5-1)9-11-6-2-4-8-13(11)12;1-4(2,3)5;1-3-2;;;;;/h1-9H;5H,1-3H3;1-2H3;2*1H3;2*1H;/q2*-1;;2*-1;;;+6/p-2. The van der Waals surface area contributed by atoms with Crippen LogP contribution in [0.15, 0.2) is 54.6 Å². The molecule has 0 amide bonds. The number of hydrogen-bond donors (Lipinski definition) is 0. The van der Waals surface area contributed by atoms with E-state index in [4.69, 9.17) is 24.3 Å². The van der Waals surface area contributed by atoms with Crippen LogP contribution in [-0.4, -0.2) is 15.1 Å². The molecule has 142 valence electrons. The molecule has 0 aromatic heterocycles. The zero-order chi connectivity index (χ0) is 18.6. The van der Waals surface area contributed by atoms with Crippen molar-refractivity contribution in [1.29, 1.82) is 0 Å². The summed E-state index contributed by atoms with van der Waals surface area (Å²) in [5.41, 5.74) is 6.69. The molecule has 0 atom stereocenters. The molecule has 3 rings (SSSR count). The second-order valence-electron chi connectivity index (χ2n) is 6.14. The molecule has 2 radical (unpaired) electrons. The largest absolute Gasteiger partial charge is 0.126 e. The van der Waals surface area contributed by atoms with Crippen LogP contribution < -0.4 is 0 Å². The Kier molecular flexibility index (Phi) is 19.9. The van der Waals surface area contributed by atoms with Crippen LogP contribution in [0.25, 0.3) is 27.3 Å². The Morgan fingerprint density at radius 3 is 1.35 bits per heavy atom. The number of benzene rings is 2. The summed E-state index contributed by atoms with van der Waals surface area (Å²) in [5.74, 6) is 0. The van der Waals surface area contributed by atoms with Gasteiger partial charge in [0.2, 0.25) is 0 Å². The molecule has 0 aliphatic carbocycles. The normalized spacial score (nSPS) is 9.38. The van der Waals surface area contributed by atoms with Crippen molar-refractivity contribution in [3.05, 3.63) is 75.2 Å². The van der Waals surface area contributed by atoms with E-state index in [1.165, 1.54) is 21.5 Å². The topological polar surface area (TPSA) is 23.8 Å². The summed E-state index contributed by atoms with van der Waals surface area (Å²) in [6.45, 7) is 9.87. The molecule has 0 bridgehead atoms. The number of fused-ring (bicyclic) bond motifs is 3. The number of hydrogen-bond acceptors (Lipinski definition) is 0. The van der Waals surface area contributed by atoms with E-state index in [1.807, 2.05) is 20.8 Å². The quantitative estimate of drug-likeness (QED) is 0.245. The van der Waals surface area contributed by atoms with Gasteiger partial charge in [-0.2, -0.15) is 0 Å². The summed E-state index contributed by atoms with van der Waals surface area (Å²) >= 11 is -0.556. The van der Waals surface area contributed by atoms with Crippen LogP contribution >= 0.6 is 18.6 Å². The first kappa shape index (κ1) is 30.5. The van der Waals surface area contributed by atoms with Crippen LogP contribution in [-0.2, 0) is 17.0 Å². The van der Waals surface area contributed by atoms with Gasteiger partial charge in [0.25, 0.3) is 0 Å². The van der Waals surface area contributed by atoms with E-state index in [1.54, 1.807) is 0 Å². The molecule has 0 fully saturated rings. The maximum absolute atomic E-state index is 6.94. The third kappa shape index (κ3) is 13.9. The molecule has 0 saturated heterocycles. The molecule has 0 spiro atoms. The van der Waals surface area contributed by atoms with E-state index >= 15 is 0 Å². The summed E-state index contributed by atoms with van der Waals surface area (Å²) in [5, 5.41) is 5.39. The number of halogens is 2. The summed E-state index contributed by atoms with van der Waals surface area (Å²) in [6, 6.07) is 19.3. The van der Waals surface area contributed by atoms with Crippen molar-refractivity contribution in [3.63, 3.8) is 0 Å². The van der Waals surface area contributed by atoms with E-state index in [0.29, 0.717) is 0 Å². The third-order valence-corrected chi connectivity index (χ3v) is 2.52. The van der Waals surface area contributed by atoms with Crippen LogP contribution in [0.1, 0.15) is 20.8 Å². The minimum Gasteiger partial charge on any atom is -0.126 e. The Labute approximate surface area is 180 Å². The number of rotatable bonds is 0. The predicted molar refractivity (Wildman–Crippen MR) is 123 cm³/mol. The first-order valence-electron chi connectivity index (χ1n) is 7.61. The van der Waals surface area contributed by atoms with Gasteiger partial charge in [0.15, 0.2) is 0 Å². The molecule has 0 saturated carbocycles. The zero-order valence-corrected chi connectivity index (χ0v) is 21.0. The van der Waals surface area contributed by atoms with E-state index in [9.17, 15) is 0 Å². The van der Waals surface area contributed by atoms with Gasteiger partial charge in [0, 0.05) is 9.52 Å². The van der Waals surface area contributed by atoms with E-state index < -0.39 is 17.0 Å². The Morgan fingerprint density at radius 2 is 1.08 bits per heavy atom. The monoisotopic (exact) mass is 443 g/mol. The van der Waals surface area contributed by atoms with Gasteiger partial charge in [0.05, 0.1) is 0 Å². The second kappa shape index (κ2) is 16.9. The Bertz CT molecular complexity index is 635. The van der Waals surface area contributed by atoms with Crippen molar-refractivity contribution in [3.8, 4) is 0 Å². The van der Waals surface area contributed by atoms with Crippen molar-refractivity contribution >= 4 is 49.7 Å². The molecule has 26 heavy (non-hydrogen) atoms. The summed E-state index contributed by atoms with van der Waals surface area (Å²) in [6.07, 6.45) is 0. The molecule has 0 unspecified atom stereocenters. The minimum atomic E-state index is -0.556. The Morgan fingerprint density at radius 1 is 0.846 bits per heavy atom. The second-order valence-corrected chi connectivity index (χ2v) is 9.72. The molecule has 3 aromatic carbocycles. The van der Waals surface area contributed by atoms with Crippen LogP contribution in [0.4, 0.5) is 0 Å². The maximum Gasteiger partial charge on any atom is -0.0771 e. The summed E-state index contributed by atoms with van der Waals surface area (Å²) in [7, 11) is 10.9.